The number of hydrogen-bond donors (Lipinski definition) is 0. The van der Waals surface area contributed by atoms with Gasteiger partial charge in [0.2, 0.25) is 0 Å². The van der Waals surface area contributed by atoms with Gasteiger partial charge in [-0.15, -0.1) is 0 Å². The fourth-order valence-electron chi connectivity index (χ4n) is 13.8. The number of allylic oxidation sites excluding steroid dienone is 2. The van der Waals surface area contributed by atoms with Crippen molar-refractivity contribution in [2.75, 3.05) is 0 Å². The van der Waals surface area contributed by atoms with E-state index in [9.17, 15) is 4.79 Å². The summed E-state index contributed by atoms with van der Waals surface area (Å²) in [5.41, 5.74) is 1.96. The molecule has 2 aliphatic heterocycles. The first-order valence-corrected chi connectivity index (χ1v) is 21.8. The van der Waals surface area contributed by atoms with Crippen molar-refractivity contribution in [2.24, 2.45) is 74.4 Å². The molecule has 0 amide bonds. The molecule has 8 heteroatoms. The van der Waals surface area contributed by atoms with Gasteiger partial charge in [-0.05, 0) is 84.9 Å². The minimum Gasteiger partial charge on any atom is -0.544 e. The zero-order valence-electron chi connectivity index (χ0n) is 37.8. The number of hydrogen-bond acceptors (Lipinski definition) is 5. The van der Waals surface area contributed by atoms with Gasteiger partial charge >= 0.3 is 0 Å². The average Bonchev–Trinajstić information content (AvgIpc) is 3.10. The van der Waals surface area contributed by atoms with Crippen LogP contribution in [0.25, 0.3) is 0 Å². The van der Waals surface area contributed by atoms with Crippen molar-refractivity contribution in [1.82, 2.24) is 0 Å². The van der Waals surface area contributed by atoms with Gasteiger partial charge < -0.3 is 37.6 Å². The van der Waals surface area contributed by atoms with E-state index in [0.29, 0.717) is 47.3 Å². The molecule has 56 heavy (non-hydrogen) atoms. The second-order valence-electron chi connectivity index (χ2n) is 21.2. The van der Waals surface area contributed by atoms with Gasteiger partial charge in [-0.25, -0.2) is 0 Å². The zero-order chi connectivity index (χ0) is 37.8. The summed E-state index contributed by atoms with van der Waals surface area (Å²) in [6, 6.07) is 0. The van der Waals surface area contributed by atoms with E-state index in [4.69, 9.17) is 18.9 Å². The first kappa shape index (κ1) is 52.0. The molecule has 0 bridgehead atoms. The molecule has 0 spiro atoms. The smallest absolute Gasteiger partial charge is 0.182 e. The maximum Gasteiger partial charge on any atom is 0.182 e. The van der Waals surface area contributed by atoms with E-state index in [1.807, 2.05) is 0 Å². The third kappa shape index (κ3) is 8.28. The molecule has 0 aromatic carbocycles. The van der Waals surface area contributed by atoms with Crippen LogP contribution in [0.1, 0.15) is 154 Å². The maximum atomic E-state index is 12.7. The molecule has 6 fully saturated rings. The maximum absolute atomic E-state index is 12.7. The fourth-order valence-corrected chi connectivity index (χ4v) is 13.8. The van der Waals surface area contributed by atoms with Crippen LogP contribution in [-0.4, -0.2) is 43.3 Å². The van der Waals surface area contributed by atoms with Crippen molar-refractivity contribution < 1.29 is 96.1 Å². The largest absolute Gasteiger partial charge is 0.544 e. The number of carbonyl (C=O) groups excluding carboxylic acids is 1. The van der Waals surface area contributed by atoms with Crippen LogP contribution < -0.4 is 0 Å². The van der Waals surface area contributed by atoms with Crippen molar-refractivity contribution >= 4 is 6.29 Å². The van der Waals surface area contributed by atoms with Crippen LogP contribution in [0.5, 0.6) is 0 Å². The van der Waals surface area contributed by atoms with Gasteiger partial charge in [0.05, 0.1) is 12.2 Å². The van der Waals surface area contributed by atoms with Crippen LogP contribution in [0.2, 0.25) is 0 Å². The summed E-state index contributed by atoms with van der Waals surface area (Å²) in [6.45, 7) is 31.2. The Balaban J connectivity index is 0.00000210. The summed E-state index contributed by atoms with van der Waals surface area (Å²) in [5.74, 6) is 4.97. The Morgan fingerprint density at radius 1 is 0.875 bits per heavy atom. The monoisotopic (exact) mass is 1060 g/mol. The van der Waals surface area contributed by atoms with Crippen LogP contribution in [0, 0.1) is 94.2 Å². The van der Waals surface area contributed by atoms with Gasteiger partial charge in [-0.3, -0.25) is 17.6 Å². The van der Waals surface area contributed by atoms with Crippen molar-refractivity contribution in [2.45, 2.75) is 191 Å². The van der Waals surface area contributed by atoms with Crippen LogP contribution >= 0.6 is 0 Å². The van der Waals surface area contributed by atoms with Crippen molar-refractivity contribution in [1.29, 1.82) is 0 Å². The van der Waals surface area contributed by atoms with Crippen molar-refractivity contribution in [3.05, 3.63) is 31.4 Å². The molecule has 2 heterocycles. The molecule has 318 valence electrons. The SMILES string of the molecule is CCC1O[C@@H](OC2[C@H](O[C@H]3CCC4(C)C5CC=C6C7CC(C)(C)CC[C@]7([C-]=O)[CH-]C[C@@]6(C)C5(C)CC[C@H]4[C-]3C)OC(C)[C@@H](C)[C@@H]2C)C(C)[C@@H](C)[C@H]1C.[CH3-].[V].[W].[Y]. The van der Waals surface area contributed by atoms with Crippen LogP contribution in [0.3, 0.4) is 0 Å². The summed E-state index contributed by atoms with van der Waals surface area (Å²) in [7, 11) is 0. The molecule has 5 aliphatic carbocycles. The Kier molecular flexibility index (Phi) is 17.4. The summed E-state index contributed by atoms with van der Waals surface area (Å²) >= 11 is 0. The Bertz CT molecular complexity index is 1380. The molecule has 7 rings (SSSR count). The zero-order valence-corrected chi connectivity index (χ0v) is 45.0. The summed E-state index contributed by atoms with van der Waals surface area (Å²) in [5, 5.41) is 0. The normalized spacial score (nSPS) is 51.0. The molecule has 0 N–H and O–H groups in total. The molecular weight excluding hydrogens is 980 g/mol. The summed E-state index contributed by atoms with van der Waals surface area (Å²) in [4.78, 5) is 12.7. The minimum absolute atomic E-state index is 0. The molecule has 4 saturated carbocycles. The van der Waals surface area contributed by atoms with Crippen LogP contribution in [0.15, 0.2) is 11.6 Å². The van der Waals surface area contributed by atoms with Gasteiger partial charge in [-0.1, -0.05) is 131 Å². The standard InChI is InChI=1S/C47H75O5.CH3.V.W.Y/c1-14-37-29(4)27(2)31(6)41(50-37)52-40-30(5)28(3)33(8)49-42(40)51-38-18-19-44(11)34(32(38)7)17-20-46(13)39(44)16-15-35-36-25-43(9,10)21-23-47(36,26-48)24-22-45(35,46)12;;;;/h15,24,27-31,33-34,36-42H,14,16-23,25H2,1-13H3;1H3;;;/q-3;-1;;;/t27-,28-,29+,30-,31?,33?,34-,36?,37?,38-,39?,40?,41-,42-,44?,45+,46?,47+;;;;/m0..../s1. The van der Waals surface area contributed by atoms with Gasteiger partial charge in [0.15, 0.2) is 12.6 Å². The molecule has 2 saturated heterocycles. The Labute approximate surface area is 396 Å². The van der Waals surface area contributed by atoms with E-state index in [1.54, 1.807) is 5.57 Å². The molecule has 18 atom stereocenters. The second kappa shape index (κ2) is 18.8. The van der Waals surface area contributed by atoms with E-state index >= 15 is 0 Å². The first-order valence-electron chi connectivity index (χ1n) is 21.8. The van der Waals surface area contributed by atoms with E-state index in [1.165, 1.54) is 25.2 Å². The predicted octanol–water partition coefficient (Wildman–Crippen LogP) is 11.6. The topological polar surface area (TPSA) is 54.0 Å². The van der Waals surface area contributed by atoms with E-state index in [0.717, 1.165) is 44.9 Å². The molecule has 8 unspecified atom stereocenters. The summed E-state index contributed by atoms with van der Waals surface area (Å²) < 4.78 is 27.7. The third-order valence-corrected chi connectivity index (χ3v) is 18.5. The molecular formula is C48H78O5VWY-4. The van der Waals surface area contributed by atoms with E-state index in [2.05, 4.69) is 109 Å². The van der Waals surface area contributed by atoms with Gasteiger partial charge in [0, 0.05) is 78.2 Å². The van der Waals surface area contributed by atoms with Crippen LogP contribution in [0.4, 0.5) is 0 Å². The molecule has 7 aliphatic rings. The Morgan fingerprint density at radius 2 is 1.55 bits per heavy atom. The average molecular weight is 1060 g/mol. The second-order valence-corrected chi connectivity index (χ2v) is 21.2. The summed E-state index contributed by atoms with van der Waals surface area (Å²) in [6.07, 6.45) is 18.2. The fraction of sp³-hybridized carbons (Fsp3) is 0.875. The predicted molar refractivity (Wildman–Crippen MR) is 215 cm³/mol. The number of fused-ring (bicyclic) bond motifs is 7. The molecule has 0 aromatic heterocycles. The third-order valence-electron chi connectivity index (χ3n) is 18.5. The van der Waals surface area contributed by atoms with E-state index < -0.39 is 11.7 Å². The van der Waals surface area contributed by atoms with Crippen molar-refractivity contribution in [3.63, 3.8) is 0 Å². The number of ether oxygens (including phenoxy) is 4. The van der Waals surface area contributed by atoms with Crippen molar-refractivity contribution in [3.8, 4) is 0 Å². The quantitative estimate of drug-likeness (QED) is 0.151. The first-order chi connectivity index (χ1) is 24.4. The molecule has 5 nitrogen and oxygen atoms in total. The Hall–Kier alpha value is 1.63. The minimum atomic E-state index is -0.406. The van der Waals surface area contributed by atoms with Gasteiger partial charge in [-0.2, -0.15) is 19.3 Å². The van der Waals surface area contributed by atoms with Gasteiger partial charge in [0.25, 0.3) is 0 Å². The van der Waals surface area contributed by atoms with Gasteiger partial charge in [0.1, 0.15) is 6.10 Å². The molecule has 0 aromatic rings. The van der Waals surface area contributed by atoms with Crippen LogP contribution in [-0.2, 0) is 96.1 Å². The Morgan fingerprint density at radius 3 is 2.20 bits per heavy atom. The van der Waals surface area contributed by atoms with E-state index in [-0.39, 0.29) is 132 Å². The number of rotatable bonds is 6. The molecule has 2 radical (unpaired) electrons.